The number of hydrogen-bond acceptors (Lipinski definition) is 5. The molecular weight excluding hydrogens is 238 g/mol. The van der Waals surface area contributed by atoms with Gasteiger partial charge in [-0.3, -0.25) is 19.3 Å². The number of fused-ring (bicyclic) bond motifs is 1. The van der Waals surface area contributed by atoms with E-state index in [1.54, 1.807) is 12.1 Å². The summed E-state index contributed by atoms with van der Waals surface area (Å²) in [5, 5.41) is 0. The number of amides is 2. The Kier molecular flexibility index (Phi) is 2.93. The fourth-order valence-electron chi connectivity index (χ4n) is 1.70. The summed E-state index contributed by atoms with van der Waals surface area (Å²) in [4.78, 5) is 46.3. The largest absolute Gasteiger partial charge is 0.392 e. The van der Waals surface area contributed by atoms with Crippen molar-refractivity contribution in [1.82, 2.24) is 4.90 Å². The fourth-order valence-corrected chi connectivity index (χ4v) is 1.70. The van der Waals surface area contributed by atoms with Gasteiger partial charge >= 0.3 is 11.9 Å². The van der Waals surface area contributed by atoms with Crippen LogP contribution >= 0.6 is 0 Å². The van der Waals surface area contributed by atoms with Crippen molar-refractivity contribution in [1.29, 1.82) is 0 Å². The van der Waals surface area contributed by atoms with Crippen LogP contribution in [-0.2, 0) is 14.3 Å². The zero-order valence-electron chi connectivity index (χ0n) is 9.50. The Morgan fingerprint density at radius 2 is 1.61 bits per heavy atom. The third kappa shape index (κ3) is 2.00. The molecule has 1 aromatic carbocycles. The second-order valence-corrected chi connectivity index (χ2v) is 3.71. The maximum absolute atomic E-state index is 11.8. The molecule has 2 amide bonds. The van der Waals surface area contributed by atoms with Crippen molar-refractivity contribution in [2.24, 2.45) is 0 Å². The molecule has 1 heterocycles. The van der Waals surface area contributed by atoms with Gasteiger partial charge in [0.2, 0.25) is 0 Å². The van der Waals surface area contributed by atoms with Crippen molar-refractivity contribution in [3.8, 4) is 0 Å². The van der Waals surface area contributed by atoms with Crippen molar-refractivity contribution in [2.45, 2.75) is 6.92 Å². The van der Waals surface area contributed by atoms with E-state index in [4.69, 9.17) is 0 Å². The number of rotatable bonds is 2. The lowest BCUT2D eigenvalue weighted by Gasteiger charge is -2.11. The van der Waals surface area contributed by atoms with Crippen LogP contribution in [-0.4, -0.2) is 35.2 Å². The molecule has 0 N–H and O–H groups in total. The number of carbonyl (C=O) groups excluding carboxylic acids is 4. The van der Waals surface area contributed by atoms with E-state index in [0.29, 0.717) is 0 Å². The molecule has 0 spiro atoms. The molecule has 0 aromatic heterocycles. The lowest BCUT2D eigenvalue weighted by Crippen LogP contribution is -2.36. The second kappa shape index (κ2) is 4.40. The maximum Gasteiger partial charge on any atom is 0.333 e. The molecular formula is C12H9NO5. The van der Waals surface area contributed by atoms with Gasteiger partial charge in [-0.1, -0.05) is 12.1 Å². The molecule has 0 radical (unpaired) electrons. The third-order valence-electron chi connectivity index (χ3n) is 2.42. The molecule has 1 aliphatic rings. The second-order valence-electron chi connectivity index (χ2n) is 3.71. The van der Waals surface area contributed by atoms with Crippen LogP contribution in [0.2, 0.25) is 0 Å². The highest BCUT2D eigenvalue weighted by Gasteiger charge is 2.36. The summed E-state index contributed by atoms with van der Waals surface area (Å²) in [7, 11) is 0. The van der Waals surface area contributed by atoms with Crippen LogP contribution in [0.1, 0.15) is 27.6 Å². The molecule has 0 bridgehead atoms. The monoisotopic (exact) mass is 247 g/mol. The highest BCUT2D eigenvalue weighted by molar-refractivity contribution is 6.22. The summed E-state index contributed by atoms with van der Waals surface area (Å²) in [6.07, 6.45) is 0. The van der Waals surface area contributed by atoms with Crippen LogP contribution in [0.3, 0.4) is 0 Å². The molecule has 0 unspecified atom stereocenters. The molecule has 1 aromatic rings. The maximum atomic E-state index is 11.8. The predicted octanol–water partition coefficient (Wildman–Crippen LogP) is 0.372. The standard InChI is InChI=1S/C12H9NO5/c1-7(14)18-10(15)6-13-11(16)8-4-2-3-5-9(8)12(13)17/h2-5H,6H2,1H3. The van der Waals surface area contributed by atoms with Gasteiger partial charge in [0.05, 0.1) is 11.1 Å². The summed E-state index contributed by atoms with van der Waals surface area (Å²) < 4.78 is 4.28. The van der Waals surface area contributed by atoms with Crippen LogP contribution < -0.4 is 0 Å². The van der Waals surface area contributed by atoms with E-state index in [1.165, 1.54) is 12.1 Å². The minimum absolute atomic E-state index is 0.248. The van der Waals surface area contributed by atoms with Crippen LogP contribution in [0.4, 0.5) is 0 Å². The van der Waals surface area contributed by atoms with Crippen molar-refractivity contribution in [2.75, 3.05) is 6.54 Å². The Labute approximate surface area is 102 Å². The SMILES string of the molecule is CC(=O)OC(=O)CN1C(=O)c2ccccc2C1=O. The van der Waals surface area contributed by atoms with Gasteiger partial charge in [0.15, 0.2) is 0 Å². The van der Waals surface area contributed by atoms with Gasteiger partial charge in [0, 0.05) is 6.92 Å². The van der Waals surface area contributed by atoms with Crippen LogP contribution in [0.5, 0.6) is 0 Å². The van der Waals surface area contributed by atoms with E-state index in [1.807, 2.05) is 0 Å². The predicted molar refractivity (Wildman–Crippen MR) is 58.6 cm³/mol. The third-order valence-corrected chi connectivity index (χ3v) is 2.42. The molecule has 0 atom stereocenters. The van der Waals surface area contributed by atoms with Crippen molar-refractivity contribution in [3.05, 3.63) is 35.4 Å². The van der Waals surface area contributed by atoms with Crippen LogP contribution in [0.15, 0.2) is 24.3 Å². The first-order valence-corrected chi connectivity index (χ1v) is 5.17. The molecule has 0 fully saturated rings. The Bertz CT molecular complexity index is 528. The first-order valence-electron chi connectivity index (χ1n) is 5.17. The molecule has 18 heavy (non-hydrogen) atoms. The number of ether oxygens (including phenoxy) is 1. The first-order chi connectivity index (χ1) is 8.50. The number of carbonyl (C=O) groups is 4. The quantitative estimate of drug-likeness (QED) is 0.428. The van der Waals surface area contributed by atoms with Crippen LogP contribution in [0.25, 0.3) is 0 Å². The molecule has 0 saturated carbocycles. The van der Waals surface area contributed by atoms with E-state index in [9.17, 15) is 19.2 Å². The van der Waals surface area contributed by atoms with Gasteiger partial charge in [0.1, 0.15) is 6.54 Å². The Balaban J connectivity index is 2.19. The topological polar surface area (TPSA) is 80.8 Å². The summed E-state index contributed by atoms with van der Waals surface area (Å²) >= 11 is 0. The van der Waals surface area contributed by atoms with Gasteiger partial charge in [-0.2, -0.15) is 0 Å². The molecule has 1 aliphatic heterocycles. The number of hydrogen-bond donors (Lipinski definition) is 0. The van der Waals surface area contributed by atoms with E-state index in [0.717, 1.165) is 11.8 Å². The highest BCUT2D eigenvalue weighted by atomic mass is 16.6. The number of nitrogens with zero attached hydrogens (tertiary/aromatic N) is 1. The van der Waals surface area contributed by atoms with Gasteiger partial charge in [-0.25, -0.2) is 4.79 Å². The average molecular weight is 247 g/mol. The van der Waals surface area contributed by atoms with E-state index in [2.05, 4.69) is 4.74 Å². The summed E-state index contributed by atoms with van der Waals surface area (Å²) in [6, 6.07) is 6.26. The minimum atomic E-state index is -0.933. The summed E-state index contributed by atoms with van der Waals surface area (Å²) in [5.41, 5.74) is 0.497. The van der Waals surface area contributed by atoms with Crippen molar-refractivity contribution >= 4 is 23.8 Å². The summed E-state index contributed by atoms with van der Waals surface area (Å²) in [6.45, 7) is 0.506. The fraction of sp³-hybridized carbons (Fsp3) is 0.167. The van der Waals surface area contributed by atoms with E-state index >= 15 is 0 Å². The Morgan fingerprint density at radius 3 is 2.06 bits per heavy atom. The van der Waals surface area contributed by atoms with Gasteiger partial charge < -0.3 is 4.74 Å². The zero-order chi connectivity index (χ0) is 13.3. The van der Waals surface area contributed by atoms with E-state index < -0.39 is 30.3 Å². The van der Waals surface area contributed by atoms with Gasteiger partial charge in [0.25, 0.3) is 11.8 Å². The van der Waals surface area contributed by atoms with E-state index in [-0.39, 0.29) is 11.1 Å². The lowest BCUT2D eigenvalue weighted by atomic mass is 10.1. The molecule has 0 aliphatic carbocycles. The average Bonchev–Trinajstić information content (AvgIpc) is 2.54. The number of esters is 2. The highest BCUT2D eigenvalue weighted by Crippen LogP contribution is 2.21. The lowest BCUT2D eigenvalue weighted by molar-refractivity contribution is -0.158. The number of imide groups is 1. The Morgan fingerprint density at radius 1 is 1.11 bits per heavy atom. The normalized spacial score (nSPS) is 13.5. The molecule has 0 saturated heterocycles. The smallest absolute Gasteiger partial charge is 0.333 e. The molecule has 2 rings (SSSR count). The van der Waals surface area contributed by atoms with Gasteiger partial charge in [-0.05, 0) is 12.1 Å². The minimum Gasteiger partial charge on any atom is -0.392 e. The molecule has 6 nitrogen and oxygen atoms in total. The van der Waals surface area contributed by atoms with Gasteiger partial charge in [-0.15, -0.1) is 0 Å². The van der Waals surface area contributed by atoms with Crippen LogP contribution in [0, 0.1) is 0 Å². The number of benzene rings is 1. The van der Waals surface area contributed by atoms with Crippen molar-refractivity contribution < 1.29 is 23.9 Å². The van der Waals surface area contributed by atoms with Crippen molar-refractivity contribution in [3.63, 3.8) is 0 Å². The molecule has 92 valence electrons. The zero-order valence-corrected chi connectivity index (χ0v) is 9.50. The Hall–Kier alpha value is -2.50. The molecule has 6 heteroatoms. The summed E-state index contributed by atoms with van der Waals surface area (Å²) in [5.74, 6) is -2.83. The first kappa shape index (κ1) is 12.0.